The van der Waals surface area contributed by atoms with Crippen LogP contribution in [0.15, 0.2) is 18.2 Å². The van der Waals surface area contributed by atoms with Crippen LogP contribution in [0.2, 0.25) is 5.02 Å². The number of rotatable bonds is 7. The first kappa shape index (κ1) is 16.4. The Morgan fingerprint density at radius 2 is 2.20 bits per heavy atom. The van der Waals surface area contributed by atoms with E-state index in [1.165, 1.54) is 0 Å². The number of aliphatic carboxylic acids is 1. The van der Waals surface area contributed by atoms with E-state index in [0.717, 1.165) is 5.56 Å². The number of hydrogen-bond acceptors (Lipinski definition) is 3. The molecule has 1 aromatic rings. The van der Waals surface area contributed by atoms with Crippen LogP contribution in [0.3, 0.4) is 0 Å². The van der Waals surface area contributed by atoms with Crippen molar-refractivity contribution in [2.75, 3.05) is 18.4 Å². The van der Waals surface area contributed by atoms with E-state index >= 15 is 0 Å². The van der Waals surface area contributed by atoms with Crippen molar-refractivity contribution >= 4 is 29.2 Å². The standard InChI is InChI=1S/C13H18ClN3O3/c1-8-2-3-9(6-10(8)14)17-12(18)7-11(13(19)20)16-5-4-15/h2-3,6,11,16H,4-5,7,15H2,1H3,(H,17,18)(H,19,20)/p+1/t11-/m0/s1. The van der Waals surface area contributed by atoms with Crippen LogP contribution in [-0.2, 0) is 9.59 Å². The SMILES string of the molecule is Cc1ccc(NC(=O)C[C@H]([NH2+]CC[NH3+])C(=O)[O-])cc1Cl. The minimum absolute atomic E-state index is 0.159. The van der Waals surface area contributed by atoms with Crippen LogP contribution in [0, 0.1) is 6.92 Å². The lowest BCUT2D eigenvalue weighted by molar-refractivity contribution is -0.695. The van der Waals surface area contributed by atoms with Crippen LogP contribution >= 0.6 is 11.6 Å². The number of carbonyl (C=O) groups is 2. The van der Waals surface area contributed by atoms with Gasteiger partial charge in [0, 0.05) is 10.7 Å². The fourth-order valence-electron chi connectivity index (χ4n) is 1.66. The van der Waals surface area contributed by atoms with Gasteiger partial charge < -0.3 is 26.3 Å². The number of aryl methyl sites for hydroxylation is 1. The summed E-state index contributed by atoms with van der Waals surface area (Å²) in [4.78, 5) is 22.7. The van der Waals surface area contributed by atoms with Gasteiger partial charge in [0.15, 0.2) is 0 Å². The molecule has 20 heavy (non-hydrogen) atoms. The number of hydrogen-bond donors (Lipinski definition) is 3. The van der Waals surface area contributed by atoms with Crippen molar-refractivity contribution in [2.24, 2.45) is 0 Å². The zero-order valence-corrected chi connectivity index (χ0v) is 12.1. The molecule has 0 spiro atoms. The molecule has 1 amide bonds. The monoisotopic (exact) mass is 300 g/mol. The molecule has 0 bridgehead atoms. The first-order valence-corrected chi connectivity index (χ1v) is 6.71. The quantitative estimate of drug-likeness (QED) is 0.536. The van der Waals surface area contributed by atoms with Crippen molar-refractivity contribution in [2.45, 2.75) is 19.4 Å². The Labute approximate surface area is 122 Å². The van der Waals surface area contributed by atoms with Gasteiger partial charge in [-0.15, -0.1) is 0 Å². The van der Waals surface area contributed by atoms with Gasteiger partial charge in [-0.2, -0.15) is 0 Å². The molecule has 110 valence electrons. The summed E-state index contributed by atoms with van der Waals surface area (Å²) in [6.45, 7) is 2.97. The summed E-state index contributed by atoms with van der Waals surface area (Å²) < 4.78 is 0. The van der Waals surface area contributed by atoms with Crippen LogP contribution in [0.4, 0.5) is 5.69 Å². The minimum Gasteiger partial charge on any atom is -0.544 e. The van der Waals surface area contributed by atoms with Crippen molar-refractivity contribution in [1.29, 1.82) is 0 Å². The van der Waals surface area contributed by atoms with E-state index in [0.29, 0.717) is 23.8 Å². The molecular weight excluding hydrogens is 282 g/mol. The third-order valence-electron chi connectivity index (χ3n) is 2.82. The fourth-order valence-corrected chi connectivity index (χ4v) is 1.84. The van der Waals surface area contributed by atoms with E-state index in [1.54, 1.807) is 23.5 Å². The van der Waals surface area contributed by atoms with Crippen LogP contribution in [0.25, 0.3) is 0 Å². The maximum atomic E-state index is 11.8. The highest BCUT2D eigenvalue weighted by molar-refractivity contribution is 6.31. The number of carboxylic acid groups (broad SMARTS) is 1. The molecule has 1 rings (SSSR count). The Kier molecular flexibility index (Phi) is 6.44. The summed E-state index contributed by atoms with van der Waals surface area (Å²) in [5, 5.41) is 15.6. The summed E-state index contributed by atoms with van der Waals surface area (Å²) in [5.41, 5.74) is 5.07. The normalized spacial score (nSPS) is 11.9. The molecule has 1 atom stereocenters. The Morgan fingerprint density at radius 3 is 2.75 bits per heavy atom. The Hall–Kier alpha value is -1.63. The van der Waals surface area contributed by atoms with E-state index in [-0.39, 0.29) is 12.3 Å². The first-order chi connectivity index (χ1) is 9.43. The zero-order valence-electron chi connectivity index (χ0n) is 11.3. The molecule has 0 aliphatic rings. The molecule has 0 aromatic heterocycles. The third kappa shape index (κ3) is 5.16. The highest BCUT2D eigenvalue weighted by atomic mass is 35.5. The lowest BCUT2D eigenvalue weighted by atomic mass is 10.2. The highest BCUT2D eigenvalue weighted by Crippen LogP contribution is 2.19. The summed E-state index contributed by atoms with van der Waals surface area (Å²) in [7, 11) is 0. The van der Waals surface area contributed by atoms with Gasteiger partial charge >= 0.3 is 0 Å². The fraction of sp³-hybridized carbons (Fsp3) is 0.385. The number of nitrogens with two attached hydrogens (primary N) is 1. The van der Waals surface area contributed by atoms with Gasteiger partial charge in [-0.05, 0) is 24.6 Å². The zero-order chi connectivity index (χ0) is 15.1. The number of benzene rings is 1. The summed E-state index contributed by atoms with van der Waals surface area (Å²) in [6.07, 6.45) is -0.159. The van der Waals surface area contributed by atoms with Gasteiger partial charge in [-0.25, -0.2) is 0 Å². The molecule has 0 saturated heterocycles. The second-order valence-corrected chi connectivity index (χ2v) is 4.93. The number of quaternary nitrogens is 2. The number of nitrogens with one attached hydrogen (secondary N) is 1. The number of carboxylic acids is 1. The smallest absolute Gasteiger partial charge is 0.230 e. The minimum atomic E-state index is -1.25. The first-order valence-electron chi connectivity index (χ1n) is 6.33. The average Bonchev–Trinajstić information content (AvgIpc) is 2.38. The number of amides is 1. The second kappa shape index (κ2) is 7.84. The molecule has 7 heteroatoms. The van der Waals surface area contributed by atoms with Crippen molar-refractivity contribution in [3.05, 3.63) is 28.8 Å². The number of carbonyl (C=O) groups excluding carboxylic acids is 2. The molecule has 0 heterocycles. The van der Waals surface area contributed by atoms with Crippen LogP contribution in [-0.4, -0.2) is 31.0 Å². The molecule has 6 nitrogen and oxygen atoms in total. The van der Waals surface area contributed by atoms with Crippen molar-refractivity contribution in [3.8, 4) is 0 Å². The van der Waals surface area contributed by atoms with Gasteiger partial charge in [-0.3, -0.25) is 4.79 Å². The van der Waals surface area contributed by atoms with Crippen LogP contribution < -0.4 is 21.5 Å². The summed E-state index contributed by atoms with van der Waals surface area (Å²) in [5.74, 6) is -1.64. The number of halogens is 1. The number of anilines is 1. The predicted octanol–water partition coefficient (Wildman–Crippen LogP) is -2.10. The second-order valence-electron chi connectivity index (χ2n) is 4.52. The molecule has 0 saturated carbocycles. The van der Waals surface area contributed by atoms with E-state index in [4.69, 9.17) is 11.6 Å². The predicted molar refractivity (Wildman–Crippen MR) is 72.8 cm³/mol. The largest absolute Gasteiger partial charge is 0.544 e. The van der Waals surface area contributed by atoms with Gasteiger partial charge in [0.05, 0.1) is 12.4 Å². The molecular formula is C13H19ClN3O3+. The Morgan fingerprint density at radius 1 is 1.50 bits per heavy atom. The maximum Gasteiger partial charge on any atom is 0.230 e. The lowest BCUT2D eigenvalue weighted by Gasteiger charge is -2.15. The molecule has 0 unspecified atom stereocenters. The molecule has 0 radical (unpaired) electrons. The molecule has 0 aliphatic heterocycles. The molecule has 6 N–H and O–H groups in total. The van der Waals surface area contributed by atoms with Gasteiger partial charge in [0.1, 0.15) is 19.1 Å². The van der Waals surface area contributed by atoms with Crippen LogP contribution in [0.5, 0.6) is 0 Å². The lowest BCUT2D eigenvalue weighted by Crippen LogP contribution is -2.95. The molecule has 0 fully saturated rings. The highest BCUT2D eigenvalue weighted by Gasteiger charge is 2.18. The van der Waals surface area contributed by atoms with Gasteiger partial charge in [0.2, 0.25) is 5.91 Å². The van der Waals surface area contributed by atoms with E-state index in [1.807, 2.05) is 6.92 Å². The summed E-state index contributed by atoms with van der Waals surface area (Å²) in [6, 6.07) is 4.22. The average molecular weight is 301 g/mol. The van der Waals surface area contributed by atoms with Crippen molar-refractivity contribution in [1.82, 2.24) is 0 Å². The van der Waals surface area contributed by atoms with E-state index in [9.17, 15) is 14.7 Å². The third-order valence-corrected chi connectivity index (χ3v) is 3.23. The van der Waals surface area contributed by atoms with Crippen molar-refractivity contribution < 1.29 is 25.7 Å². The summed E-state index contributed by atoms with van der Waals surface area (Å²) >= 11 is 5.95. The maximum absolute atomic E-state index is 11.8. The molecule has 1 aromatic carbocycles. The Bertz CT molecular complexity index is 494. The molecule has 0 aliphatic carbocycles. The van der Waals surface area contributed by atoms with Crippen molar-refractivity contribution in [3.63, 3.8) is 0 Å². The van der Waals surface area contributed by atoms with Crippen LogP contribution in [0.1, 0.15) is 12.0 Å². The van der Waals surface area contributed by atoms with E-state index in [2.05, 4.69) is 11.1 Å². The van der Waals surface area contributed by atoms with Gasteiger partial charge in [0.25, 0.3) is 0 Å². The van der Waals surface area contributed by atoms with Gasteiger partial charge in [-0.1, -0.05) is 17.7 Å². The topological polar surface area (TPSA) is 113 Å². The van der Waals surface area contributed by atoms with E-state index < -0.39 is 12.0 Å². The Balaban J connectivity index is 2.60.